The molecule has 24 heavy (non-hydrogen) atoms. The molecule has 0 saturated carbocycles. The molecule has 0 fully saturated rings. The van der Waals surface area contributed by atoms with Gasteiger partial charge in [0.1, 0.15) is 5.82 Å². The summed E-state index contributed by atoms with van der Waals surface area (Å²) in [5.41, 5.74) is 0.669. The molecule has 0 bridgehead atoms. The van der Waals surface area contributed by atoms with Crippen LogP contribution in [0.25, 0.3) is 10.4 Å². The van der Waals surface area contributed by atoms with Gasteiger partial charge in [0.15, 0.2) is 0 Å². The molecule has 0 radical (unpaired) electrons. The molecule has 4 nitrogen and oxygen atoms in total. The van der Waals surface area contributed by atoms with Crippen molar-refractivity contribution in [3.63, 3.8) is 0 Å². The minimum atomic E-state index is -0.578. The van der Waals surface area contributed by atoms with Gasteiger partial charge in [-0.05, 0) is 35.9 Å². The van der Waals surface area contributed by atoms with Gasteiger partial charge in [0.25, 0.3) is 5.69 Å². The monoisotopic (exact) mass is 361 g/mol. The summed E-state index contributed by atoms with van der Waals surface area (Å²) in [5.74, 6) is -0.725. The van der Waals surface area contributed by atoms with Gasteiger partial charge in [0.05, 0.1) is 14.8 Å². The molecule has 0 aliphatic carbocycles. The SMILES string of the molecule is O=C(c1ccc(-c2ccc(F)cc2)s1)c1cc([N+](=O)[O-])ccc1Cl. The second kappa shape index (κ2) is 6.51. The molecule has 0 N–H and O–H groups in total. The van der Waals surface area contributed by atoms with Crippen molar-refractivity contribution in [1.29, 1.82) is 0 Å². The van der Waals surface area contributed by atoms with Gasteiger partial charge in [-0.1, -0.05) is 23.7 Å². The zero-order valence-electron chi connectivity index (χ0n) is 12.0. The number of nitro groups is 1. The van der Waals surface area contributed by atoms with Gasteiger partial charge in [0.2, 0.25) is 5.78 Å². The summed E-state index contributed by atoms with van der Waals surface area (Å²) in [5, 5.41) is 11.0. The van der Waals surface area contributed by atoms with Gasteiger partial charge >= 0.3 is 0 Å². The van der Waals surface area contributed by atoms with Crippen LogP contribution in [0, 0.1) is 15.9 Å². The summed E-state index contributed by atoms with van der Waals surface area (Å²) in [6.45, 7) is 0. The Morgan fingerprint density at radius 2 is 1.79 bits per heavy atom. The zero-order valence-corrected chi connectivity index (χ0v) is 13.6. The van der Waals surface area contributed by atoms with Crippen LogP contribution in [0.5, 0.6) is 0 Å². The van der Waals surface area contributed by atoms with Gasteiger partial charge in [-0.25, -0.2) is 4.39 Å². The quantitative estimate of drug-likeness (QED) is 0.357. The number of carbonyl (C=O) groups excluding carboxylic acids is 1. The van der Waals surface area contributed by atoms with Crippen molar-refractivity contribution < 1.29 is 14.1 Å². The summed E-state index contributed by atoms with van der Waals surface area (Å²) < 4.78 is 13.0. The number of non-ortho nitro benzene ring substituents is 1. The van der Waals surface area contributed by atoms with E-state index in [1.165, 1.54) is 41.7 Å². The molecule has 0 amide bonds. The van der Waals surface area contributed by atoms with E-state index in [0.29, 0.717) is 4.88 Å². The topological polar surface area (TPSA) is 60.2 Å². The third-order valence-corrected chi connectivity index (χ3v) is 4.83. The second-order valence-corrected chi connectivity index (χ2v) is 6.41. The first-order valence-electron chi connectivity index (χ1n) is 6.80. The molecule has 2 aromatic carbocycles. The van der Waals surface area contributed by atoms with Crippen LogP contribution in [0.15, 0.2) is 54.6 Å². The second-order valence-electron chi connectivity index (χ2n) is 4.92. The Kier molecular flexibility index (Phi) is 4.42. The van der Waals surface area contributed by atoms with E-state index in [1.54, 1.807) is 24.3 Å². The average Bonchev–Trinajstić information content (AvgIpc) is 3.05. The third kappa shape index (κ3) is 3.20. The Morgan fingerprint density at radius 1 is 1.08 bits per heavy atom. The van der Waals surface area contributed by atoms with Crippen molar-refractivity contribution >= 4 is 34.4 Å². The number of rotatable bonds is 4. The molecule has 1 heterocycles. The Bertz CT molecular complexity index is 937. The molecule has 3 aromatic rings. The maximum absolute atomic E-state index is 13.0. The molecule has 0 spiro atoms. The largest absolute Gasteiger partial charge is 0.288 e. The van der Waals surface area contributed by atoms with Gasteiger partial charge in [-0.15, -0.1) is 11.3 Å². The third-order valence-electron chi connectivity index (χ3n) is 3.36. The Morgan fingerprint density at radius 3 is 2.46 bits per heavy atom. The molecule has 0 aliphatic heterocycles. The lowest BCUT2D eigenvalue weighted by molar-refractivity contribution is -0.384. The number of nitrogens with zero attached hydrogens (tertiary/aromatic N) is 1. The molecule has 1 aromatic heterocycles. The van der Waals surface area contributed by atoms with Crippen LogP contribution in [0.4, 0.5) is 10.1 Å². The van der Waals surface area contributed by atoms with E-state index in [2.05, 4.69) is 0 Å². The van der Waals surface area contributed by atoms with Gasteiger partial charge in [-0.3, -0.25) is 14.9 Å². The molecule has 0 atom stereocenters. The zero-order chi connectivity index (χ0) is 17.3. The molecular weight excluding hydrogens is 353 g/mol. The number of hydrogen-bond donors (Lipinski definition) is 0. The number of ketones is 1. The van der Waals surface area contributed by atoms with E-state index < -0.39 is 4.92 Å². The van der Waals surface area contributed by atoms with Crippen molar-refractivity contribution in [1.82, 2.24) is 0 Å². The van der Waals surface area contributed by atoms with E-state index in [4.69, 9.17) is 11.6 Å². The Labute approximate surface area is 145 Å². The van der Waals surface area contributed by atoms with Gasteiger partial charge in [0, 0.05) is 22.6 Å². The molecule has 0 saturated heterocycles. The van der Waals surface area contributed by atoms with Crippen LogP contribution in [0.3, 0.4) is 0 Å². The first kappa shape index (κ1) is 16.3. The van der Waals surface area contributed by atoms with Gasteiger partial charge in [-0.2, -0.15) is 0 Å². The lowest BCUT2D eigenvalue weighted by Crippen LogP contribution is -2.01. The summed E-state index contributed by atoms with van der Waals surface area (Å²) in [7, 11) is 0. The molecule has 0 unspecified atom stereocenters. The summed E-state index contributed by atoms with van der Waals surface area (Å²) >= 11 is 7.22. The van der Waals surface area contributed by atoms with E-state index in [9.17, 15) is 19.3 Å². The number of halogens is 2. The van der Waals surface area contributed by atoms with E-state index in [1.807, 2.05) is 0 Å². The molecule has 7 heteroatoms. The highest BCUT2D eigenvalue weighted by Crippen LogP contribution is 2.31. The predicted molar refractivity (Wildman–Crippen MR) is 91.3 cm³/mol. The molecule has 3 rings (SSSR count). The highest BCUT2D eigenvalue weighted by atomic mass is 35.5. The highest BCUT2D eigenvalue weighted by molar-refractivity contribution is 7.17. The van der Waals surface area contributed by atoms with Crippen LogP contribution in [0.2, 0.25) is 5.02 Å². The number of thiophene rings is 1. The van der Waals surface area contributed by atoms with Crippen molar-refractivity contribution in [2.45, 2.75) is 0 Å². The summed E-state index contributed by atoms with van der Waals surface area (Å²) in [6, 6.07) is 13.0. The number of benzene rings is 2. The lowest BCUT2D eigenvalue weighted by atomic mass is 10.1. The highest BCUT2D eigenvalue weighted by Gasteiger charge is 2.19. The maximum atomic E-state index is 13.0. The fraction of sp³-hybridized carbons (Fsp3) is 0. The van der Waals surface area contributed by atoms with Crippen LogP contribution < -0.4 is 0 Å². The molecular formula is C17H9ClFNO3S. The fourth-order valence-corrected chi connectivity index (χ4v) is 3.33. The van der Waals surface area contributed by atoms with Gasteiger partial charge < -0.3 is 0 Å². The van der Waals surface area contributed by atoms with Crippen molar-refractivity contribution in [3.05, 3.63) is 86.0 Å². The minimum Gasteiger partial charge on any atom is -0.288 e. The van der Waals surface area contributed by atoms with Crippen molar-refractivity contribution in [2.24, 2.45) is 0 Å². The first-order valence-corrected chi connectivity index (χ1v) is 7.99. The lowest BCUT2D eigenvalue weighted by Gasteiger charge is -2.02. The summed E-state index contributed by atoms with van der Waals surface area (Å²) in [4.78, 5) is 24.1. The standard InChI is InChI=1S/C17H9ClFNO3S/c18-14-6-5-12(20(22)23)9-13(14)17(21)16-8-7-15(24-16)10-1-3-11(19)4-2-10/h1-9H. The fourth-order valence-electron chi connectivity index (χ4n) is 2.16. The van der Waals surface area contributed by atoms with E-state index >= 15 is 0 Å². The minimum absolute atomic E-state index is 0.0818. The van der Waals surface area contributed by atoms with Crippen LogP contribution in [-0.2, 0) is 0 Å². The number of nitro benzene ring substituents is 1. The van der Waals surface area contributed by atoms with E-state index in [0.717, 1.165) is 10.4 Å². The van der Waals surface area contributed by atoms with Crippen molar-refractivity contribution in [3.8, 4) is 10.4 Å². The maximum Gasteiger partial charge on any atom is 0.270 e. The Hall–Kier alpha value is -2.57. The molecule has 120 valence electrons. The number of carbonyl (C=O) groups is 1. The normalized spacial score (nSPS) is 10.6. The first-order chi connectivity index (χ1) is 11.5. The predicted octanol–water partition coefficient (Wildman–Crippen LogP) is 5.35. The van der Waals surface area contributed by atoms with Crippen LogP contribution in [-0.4, -0.2) is 10.7 Å². The van der Waals surface area contributed by atoms with Crippen LogP contribution >= 0.6 is 22.9 Å². The summed E-state index contributed by atoms with van der Waals surface area (Å²) in [6.07, 6.45) is 0. The Balaban J connectivity index is 1.95. The van der Waals surface area contributed by atoms with Crippen molar-refractivity contribution in [2.75, 3.05) is 0 Å². The molecule has 0 aliphatic rings. The van der Waals surface area contributed by atoms with E-state index in [-0.39, 0.29) is 27.9 Å². The average molecular weight is 362 g/mol. The number of hydrogen-bond acceptors (Lipinski definition) is 4. The van der Waals surface area contributed by atoms with Crippen LogP contribution in [0.1, 0.15) is 15.2 Å². The smallest absolute Gasteiger partial charge is 0.270 e.